The lowest BCUT2D eigenvalue weighted by atomic mass is 10.4. The van der Waals surface area contributed by atoms with Crippen LogP contribution < -0.4 is 10.1 Å². The van der Waals surface area contributed by atoms with Crippen LogP contribution in [0.4, 0.5) is 10.7 Å². The molecule has 1 aromatic heterocycles. The van der Waals surface area contributed by atoms with E-state index < -0.39 is 25.7 Å². The molecule has 0 bridgehead atoms. The second-order valence-electron chi connectivity index (χ2n) is 5.64. The molecule has 1 aromatic carbocycles. The summed E-state index contributed by atoms with van der Waals surface area (Å²) >= 11 is 0. The third kappa shape index (κ3) is 5.72. The average Bonchev–Trinajstić information content (AvgIpc) is 2.61. The van der Waals surface area contributed by atoms with Crippen LogP contribution in [0, 0.1) is 6.92 Å². The van der Waals surface area contributed by atoms with E-state index in [1.165, 1.54) is 19.2 Å². The molecule has 2 rings (SSSR count). The van der Waals surface area contributed by atoms with Crippen LogP contribution in [0.3, 0.4) is 0 Å². The maximum absolute atomic E-state index is 12.6. The fourth-order valence-corrected chi connectivity index (χ4v) is 4.19. The molecule has 27 heavy (non-hydrogen) atoms. The number of amides is 1. The summed E-state index contributed by atoms with van der Waals surface area (Å²) in [6.07, 6.45) is 0. The number of nitrogens with one attached hydrogen (secondary N) is 1. The Kier molecular flexibility index (Phi) is 6.84. The molecule has 0 aliphatic rings. The zero-order valence-electron chi connectivity index (χ0n) is 15.3. The molecule has 8 nitrogen and oxygen atoms in total. The molecule has 1 N–H and O–H groups in total. The molecule has 10 heteroatoms. The van der Waals surface area contributed by atoms with Crippen molar-refractivity contribution in [2.45, 2.75) is 30.9 Å². The molecular formula is C17H20N4O4S2. The van der Waals surface area contributed by atoms with E-state index in [0.717, 1.165) is 0 Å². The highest BCUT2D eigenvalue weighted by Gasteiger charge is 2.16. The Balaban J connectivity index is 2.35. The number of rotatable bonds is 5. The Bertz CT molecular complexity index is 999. The minimum Gasteiger partial charge on any atom is -0.481 e. The Morgan fingerprint density at radius 2 is 1.93 bits per heavy atom. The van der Waals surface area contributed by atoms with Crippen molar-refractivity contribution in [3.05, 3.63) is 42.1 Å². The normalized spacial score (nSPS) is 12.2. The molecule has 1 unspecified atom stereocenters. The van der Waals surface area contributed by atoms with E-state index in [9.17, 15) is 13.2 Å². The molecule has 0 saturated carbocycles. The number of carbonyl (C=O) groups excluding carboxylic acids is 1. The highest BCUT2D eigenvalue weighted by molar-refractivity contribution is 8.28. The van der Waals surface area contributed by atoms with Gasteiger partial charge >= 0.3 is 0 Å². The highest BCUT2D eigenvalue weighted by atomic mass is 32.2. The van der Waals surface area contributed by atoms with Gasteiger partial charge in [-0.05, 0) is 29.5 Å². The van der Waals surface area contributed by atoms with Gasteiger partial charge in [0, 0.05) is 22.2 Å². The Morgan fingerprint density at radius 3 is 2.52 bits per heavy atom. The lowest BCUT2D eigenvalue weighted by Gasteiger charge is -2.10. The van der Waals surface area contributed by atoms with Gasteiger partial charge in [0.2, 0.25) is 11.8 Å². The number of ether oxygens (including phenoxy) is 1. The first-order valence-electron chi connectivity index (χ1n) is 7.94. The number of anilines is 1. The quantitative estimate of drug-likeness (QED) is 0.600. The van der Waals surface area contributed by atoms with Crippen LogP contribution in [0.2, 0.25) is 0 Å². The van der Waals surface area contributed by atoms with Gasteiger partial charge in [0.1, 0.15) is 0 Å². The van der Waals surface area contributed by atoms with Gasteiger partial charge in [0.25, 0.3) is 15.3 Å². The SMILES string of the molecule is COc1cc(C)nc(NC(=O)S(=C=NS(=O)(=O)c2ccccc2)C(C)C)n1. The molecule has 2 aromatic rings. The lowest BCUT2D eigenvalue weighted by Crippen LogP contribution is -2.14. The number of hydrogen-bond acceptors (Lipinski definition) is 6. The topological polar surface area (TPSA) is 111 Å². The van der Waals surface area contributed by atoms with Crippen molar-refractivity contribution in [1.29, 1.82) is 0 Å². The van der Waals surface area contributed by atoms with Crippen molar-refractivity contribution in [3.8, 4) is 5.88 Å². The standard InChI is InChI=1S/C17H20N4O4S2/c1-12(2)26(11-18-27(23,24)14-8-6-5-7-9-14)17(22)21-16-19-13(3)10-15(20-16)25-4/h5-10,12H,1-4H3,(H,19,20,21,22). The first kappa shape index (κ1) is 20.8. The minimum absolute atomic E-state index is 0.0389. The summed E-state index contributed by atoms with van der Waals surface area (Å²) in [6.45, 7) is 5.29. The molecule has 0 aliphatic carbocycles. The lowest BCUT2D eigenvalue weighted by molar-refractivity contribution is 0.269. The van der Waals surface area contributed by atoms with E-state index in [4.69, 9.17) is 4.74 Å². The number of hydrogen-bond donors (Lipinski definition) is 1. The van der Waals surface area contributed by atoms with Gasteiger partial charge in [-0.25, -0.2) is 4.98 Å². The van der Waals surface area contributed by atoms with E-state index in [-0.39, 0.29) is 16.1 Å². The van der Waals surface area contributed by atoms with Crippen molar-refractivity contribution in [3.63, 3.8) is 0 Å². The number of sulfonamides is 1. The van der Waals surface area contributed by atoms with E-state index in [1.54, 1.807) is 45.0 Å². The molecule has 0 saturated heterocycles. The van der Waals surface area contributed by atoms with Gasteiger partial charge < -0.3 is 4.74 Å². The second-order valence-corrected chi connectivity index (χ2v) is 9.42. The first-order valence-corrected chi connectivity index (χ1v) is 10.7. The third-order valence-corrected chi connectivity index (χ3v) is 6.27. The van der Waals surface area contributed by atoms with E-state index in [1.807, 2.05) is 0 Å². The van der Waals surface area contributed by atoms with Crippen LogP contribution in [0.15, 0.2) is 45.7 Å². The Morgan fingerprint density at radius 1 is 1.26 bits per heavy atom. The highest BCUT2D eigenvalue weighted by Crippen LogP contribution is 2.23. The van der Waals surface area contributed by atoms with Gasteiger partial charge in [0.05, 0.1) is 12.0 Å². The van der Waals surface area contributed by atoms with Crippen LogP contribution in [-0.4, -0.2) is 41.1 Å². The van der Waals surface area contributed by atoms with Crippen LogP contribution in [0.25, 0.3) is 0 Å². The molecule has 144 valence electrons. The van der Waals surface area contributed by atoms with E-state index in [2.05, 4.69) is 24.8 Å². The van der Waals surface area contributed by atoms with E-state index >= 15 is 0 Å². The van der Waals surface area contributed by atoms with Crippen molar-refractivity contribution in [2.75, 3.05) is 12.4 Å². The number of aryl methyl sites for hydroxylation is 1. The molecule has 1 atom stereocenters. The van der Waals surface area contributed by atoms with Crippen LogP contribution in [0.5, 0.6) is 5.88 Å². The molecule has 0 aliphatic heterocycles. The van der Waals surface area contributed by atoms with Gasteiger partial charge in [0.15, 0.2) is 0 Å². The smallest absolute Gasteiger partial charge is 0.290 e. The second kappa shape index (κ2) is 8.90. The number of nitrogens with zero attached hydrogens (tertiary/aromatic N) is 3. The van der Waals surface area contributed by atoms with Gasteiger partial charge in [-0.2, -0.15) is 13.4 Å². The Hall–Kier alpha value is -2.55. The minimum atomic E-state index is -3.92. The van der Waals surface area contributed by atoms with E-state index in [0.29, 0.717) is 11.6 Å². The van der Waals surface area contributed by atoms with Crippen LogP contribution >= 0.6 is 10.5 Å². The molecule has 0 radical (unpaired) electrons. The maximum atomic E-state index is 12.6. The van der Waals surface area contributed by atoms with Gasteiger partial charge in [-0.1, -0.05) is 32.0 Å². The van der Waals surface area contributed by atoms with Crippen LogP contribution in [0.1, 0.15) is 19.5 Å². The fraction of sp³-hybridized carbons (Fsp3) is 0.294. The van der Waals surface area contributed by atoms with Crippen molar-refractivity contribution >= 4 is 36.9 Å². The van der Waals surface area contributed by atoms with Crippen LogP contribution in [-0.2, 0) is 10.0 Å². The molecule has 1 amide bonds. The maximum Gasteiger partial charge on any atom is 0.290 e. The molecular weight excluding hydrogens is 388 g/mol. The van der Waals surface area contributed by atoms with Crippen molar-refractivity contribution < 1.29 is 17.9 Å². The number of carbonyl (C=O) groups is 1. The summed E-state index contributed by atoms with van der Waals surface area (Å²) in [6, 6.07) is 9.38. The molecule has 0 fully saturated rings. The van der Waals surface area contributed by atoms with Gasteiger partial charge in [-0.3, -0.25) is 10.1 Å². The number of methoxy groups -OCH3 is 1. The summed E-state index contributed by atoms with van der Waals surface area (Å²) in [4.78, 5) is 20.8. The number of benzene rings is 1. The number of aromatic nitrogens is 2. The zero-order valence-corrected chi connectivity index (χ0v) is 17.0. The third-order valence-electron chi connectivity index (χ3n) is 3.22. The summed E-state index contributed by atoms with van der Waals surface area (Å²) in [5.41, 5.74) is 0.617. The Labute approximate surface area is 160 Å². The largest absolute Gasteiger partial charge is 0.481 e. The summed E-state index contributed by atoms with van der Waals surface area (Å²) in [5, 5.41) is 4.36. The monoisotopic (exact) mass is 408 g/mol. The summed E-state index contributed by atoms with van der Waals surface area (Å²) in [5.74, 6) is 0.384. The predicted octanol–water partition coefficient (Wildman–Crippen LogP) is 3.30. The van der Waals surface area contributed by atoms with Crippen molar-refractivity contribution in [1.82, 2.24) is 9.97 Å². The first-order chi connectivity index (χ1) is 12.7. The van der Waals surface area contributed by atoms with Crippen molar-refractivity contribution in [2.24, 2.45) is 4.40 Å². The molecule has 1 heterocycles. The molecule has 0 spiro atoms. The zero-order chi connectivity index (χ0) is 20.0. The predicted molar refractivity (Wildman–Crippen MR) is 106 cm³/mol. The average molecular weight is 409 g/mol. The number of isothiocyanates is 1. The summed E-state index contributed by atoms with van der Waals surface area (Å²) < 4.78 is 33.2. The van der Waals surface area contributed by atoms with Gasteiger partial charge in [-0.15, -0.1) is 4.40 Å². The summed E-state index contributed by atoms with van der Waals surface area (Å²) in [7, 11) is -3.69. The fourth-order valence-electron chi connectivity index (χ4n) is 1.94.